The summed E-state index contributed by atoms with van der Waals surface area (Å²) >= 11 is 1.84. The average Bonchev–Trinajstić information content (AvgIpc) is 2.84. The minimum atomic E-state index is 0.238. The molecule has 3 aromatic rings. The molecule has 3 nitrogen and oxygen atoms in total. The van der Waals surface area contributed by atoms with E-state index >= 15 is 0 Å². The first-order valence-electron chi connectivity index (χ1n) is 8.67. The molecule has 1 fully saturated rings. The van der Waals surface area contributed by atoms with Gasteiger partial charge in [-0.05, 0) is 53.9 Å². The maximum Gasteiger partial charge on any atom is 0.0793 e. The van der Waals surface area contributed by atoms with Crippen LogP contribution in [0.3, 0.4) is 0 Å². The highest BCUT2D eigenvalue weighted by molar-refractivity contribution is 7.17. The Labute approximate surface area is 147 Å². The van der Waals surface area contributed by atoms with E-state index in [4.69, 9.17) is 4.98 Å². The molecule has 1 saturated heterocycles. The summed E-state index contributed by atoms with van der Waals surface area (Å²) < 4.78 is 1.36. The number of aromatic nitrogens is 1. The van der Waals surface area contributed by atoms with E-state index in [9.17, 15) is 0 Å². The van der Waals surface area contributed by atoms with Gasteiger partial charge in [0.2, 0.25) is 0 Å². The molecule has 0 bridgehead atoms. The Morgan fingerprint density at radius 3 is 2.96 bits per heavy atom. The fourth-order valence-electron chi connectivity index (χ4n) is 3.64. The third kappa shape index (κ3) is 2.97. The standard InChI is InChI=1S/C20H23N3S/c1-15-6-4-10-22-19(15)20(23-12-5-9-21-11-13-23)17-14-24-18-8-3-2-7-16(17)18/h2-4,6-8,10,14,20-21H,5,9,11-13H2,1H3. The third-order valence-corrected chi connectivity index (χ3v) is 5.84. The minimum absolute atomic E-state index is 0.238. The molecule has 1 atom stereocenters. The van der Waals surface area contributed by atoms with Crippen molar-refractivity contribution in [2.24, 2.45) is 0 Å². The first kappa shape index (κ1) is 15.8. The van der Waals surface area contributed by atoms with Gasteiger partial charge in [-0.1, -0.05) is 24.3 Å². The monoisotopic (exact) mass is 337 g/mol. The Bertz CT molecular complexity index is 818. The Morgan fingerprint density at radius 2 is 2.04 bits per heavy atom. The van der Waals surface area contributed by atoms with Crippen LogP contribution in [-0.2, 0) is 0 Å². The number of nitrogens with zero attached hydrogens (tertiary/aromatic N) is 2. The zero-order chi connectivity index (χ0) is 16.4. The first-order chi connectivity index (χ1) is 11.8. The second-order valence-corrected chi connectivity index (χ2v) is 7.35. The number of fused-ring (bicyclic) bond motifs is 1. The van der Waals surface area contributed by atoms with Crippen molar-refractivity contribution in [2.45, 2.75) is 19.4 Å². The highest BCUT2D eigenvalue weighted by Gasteiger charge is 2.27. The zero-order valence-corrected chi connectivity index (χ0v) is 14.9. The highest BCUT2D eigenvalue weighted by Crippen LogP contribution is 2.37. The average molecular weight is 337 g/mol. The van der Waals surface area contributed by atoms with Crippen LogP contribution in [0.1, 0.15) is 29.3 Å². The van der Waals surface area contributed by atoms with E-state index in [1.807, 2.05) is 23.6 Å². The smallest absolute Gasteiger partial charge is 0.0793 e. The van der Waals surface area contributed by atoms with Gasteiger partial charge in [0.15, 0.2) is 0 Å². The topological polar surface area (TPSA) is 28.2 Å². The Balaban J connectivity index is 1.85. The molecule has 1 N–H and O–H groups in total. The number of aryl methyl sites for hydroxylation is 1. The number of thiophene rings is 1. The van der Waals surface area contributed by atoms with Gasteiger partial charge in [0.05, 0.1) is 11.7 Å². The molecular weight excluding hydrogens is 314 g/mol. The van der Waals surface area contributed by atoms with Gasteiger partial charge < -0.3 is 5.32 Å². The Kier molecular flexibility index (Phi) is 4.60. The molecule has 1 unspecified atom stereocenters. The Hall–Kier alpha value is -1.75. The summed E-state index contributed by atoms with van der Waals surface area (Å²) in [6.45, 7) is 6.50. The molecule has 1 aromatic carbocycles. The molecule has 2 aromatic heterocycles. The molecule has 0 spiro atoms. The first-order valence-corrected chi connectivity index (χ1v) is 9.55. The van der Waals surface area contributed by atoms with Crippen molar-refractivity contribution in [3.63, 3.8) is 0 Å². The van der Waals surface area contributed by atoms with Crippen LogP contribution in [0.5, 0.6) is 0 Å². The predicted octanol–water partition coefficient (Wildman–Crippen LogP) is 3.99. The SMILES string of the molecule is Cc1cccnc1C(c1csc2ccccc12)N1CCCNCC1. The van der Waals surface area contributed by atoms with E-state index in [0.29, 0.717) is 0 Å². The molecule has 1 aliphatic rings. The second kappa shape index (κ2) is 7.01. The van der Waals surface area contributed by atoms with Crippen molar-refractivity contribution in [1.29, 1.82) is 0 Å². The molecule has 1 aliphatic heterocycles. The number of nitrogens with one attached hydrogen (secondary N) is 1. The van der Waals surface area contributed by atoms with Gasteiger partial charge in [-0.25, -0.2) is 0 Å². The number of benzene rings is 1. The number of hydrogen-bond donors (Lipinski definition) is 1. The summed E-state index contributed by atoms with van der Waals surface area (Å²) in [6.07, 6.45) is 3.12. The molecule has 4 heteroatoms. The van der Waals surface area contributed by atoms with Crippen LogP contribution < -0.4 is 5.32 Å². The minimum Gasteiger partial charge on any atom is -0.315 e. The Morgan fingerprint density at radius 1 is 1.12 bits per heavy atom. The molecule has 124 valence electrons. The van der Waals surface area contributed by atoms with E-state index in [-0.39, 0.29) is 6.04 Å². The van der Waals surface area contributed by atoms with Crippen LogP contribution in [0.4, 0.5) is 0 Å². The quantitative estimate of drug-likeness (QED) is 0.783. The van der Waals surface area contributed by atoms with Crippen LogP contribution in [-0.4, -0.2) is 36.1 Å². The van der Waals surface area contributed by atoms with E-state index in [1.165, 1.54) is 33.3 Å². The fourth-order valence-corrected chi connectivity index (χ4v) is 4.62. The summed E-state index contributed by atoms with van der Waals surface area (Å²) in [5.74, 6) is 0. The van der Waals surface area contributed by atoms with Crippen LogP contribution in [0.25, 0.3) is 10.1 Å². The van der Waals surface area contributed by atoms with Crippen molar-refractivity contribution >= 4 is 21.4 Å². The molecular formula is C20H23N3S. The van der Waals surface area contributed by atoms with E-state index in [1.54, 1.807) is 0 Å². The molecule has 0 aliphatic carbocycles. The summed E-state index contributed by atoms with van der Waals surface area (Å²) in [7, 11) is 0. The van der Waals surface area contributed by atoms with Gasteiger partial charge in [-0.2, -0.15) is 0 Å². The molecule has 4 rings (SSSR count). The van der Waals surface area contributed by atoms with Gasteiger partial charge in [0, 0.05) is 30.5 Å². The van der Waals surface area contributed by atoms with Crippen LogP contribution in [0.15, 0.2) is 48.0 Å². The van der Waals surface area contributed by atoms with Crippen LogP contribution in [0, 0.1) is 6.92 Å². The fraction of sp³-hybridized carbons (Fsp3) is 0.350. The second-order valence-electron chi connectivity index (χ2n) is 6.43. The van der Waals surface area contributed by atoms with Gasteiger partial charge >= 0.3 is 0 Å². The third-order valence-electron chi connectivity index (χ3n) is 4.85. The largest absolute Gasteiger partial charge is 0.315 e. The predicted molar refractivity (Wildman–Crippen MR) is 102 cm³/mol. The van der Waals surface area contributed by atoms with Gasteiger partial charge in [0.25, 0.3) is 0 Å². The summed E-state index contributed by atoms with van der Waals surface area (Å²) in [5, 5.41) is 7.23. The van der Waals surface area contributed by atoms with E-state index in [0.717, 1.165) is 26.2 Å². The zero-order valence-electron chi connectivity index (χ0n) is 14.0. The van der Waals surface area contributed by atoms with Crippen molar-refractivity contribution < 1.29 is 0 Å². The number of pyridine rings is 1. The lowest BCUT2D eigenvalue weighted by molar-refractivity contribution is 0.238. The molecule has 3 heterocycles. The van der Waals surface area contributed by atoms with Gasteiger partial charge in [-0.3, -0.25) is 9.88 Å². The van der Waals surface area contributed by atoms with E-state index in [2.05, 4.69) is 52.9 Å². The summed E-state index contributed by atoms with van der Waals surface area (Å²) in [5.41, 5.74) is 3.87. The molecule has 0 saturated carbocycles. The van der Waals surface area contributed by atoms with Crippen molar-refractivity contribution in [3.05, 3.63) is 64.8 Å². The molecule has 0 amide bonds. The lowest BCUT2D eigenvalue weighted by Crippen LogP contribution is -2.33. The highest BCUT2D eigenvalue weighted by atomic mass is 32.1. The van der Waals surface area contributed by atoms with Crippen molar-refractivity contribution in [2.75, 3.05) is 26.2 Å². The van der Waals surface area contributed by atoms with Crippen LogP contribution >= 0.6 is 11.3 Å². The lowest BCUT2D eigenvalue weighted by Gasteiger charge is -2.31. The molecule has 24 heavy (non-hydrogen) atoms. The van der Waals surface area contributed by atoms with Crippen molar-refractivity contribution in [3.8, 4) is 0 Å². The maximum absolute atomic E-state index is 4.79. The number of hydrogen-bond acceptors (Lipinski definition) is 4. The summed E-state index contributed by atoms with van der Waals surface area (Å²) in [4.78, 5) is 7.39. The normalized spacial score (nSPS) is 17.7. The van der Waals surface area contributed by atoms with E-state index < -0.39 is 0 Å². The van der Waals surface area contributed by atoms with Gasteiger partial charge in [0.1, 0.15) is 0 Å². The van der Waals surface area contributed by atoms with Crippen LogP contribution in [0.2, 0.25) is 0 Å². The summed E-state index contributed by atoms with van der Waals surface area (Å²) in [6, 6.07) is 13.2. The maximum atomic E-state index is 4.79. The number of rotatable bonds is 3. The van der Waals surface area contributed by atoms with Gasteiger partial charge in [-0.15, -0.1) is 11.3 Å². The van der Waals surface area contributed by atoms with Crippen molar-refractivity contribution in [1.82, 2.24) is 15.2 Å². The molecule has 0 radical (unpaired) electrons. The lowest BCUT2D eigenvalue weighted by atomic mass is 9.97.